The molecule has 0 aromatic carbocycles. The number of anilines is 1. The lowest BCUT2D eigenvalue weighted by molar-refractivity contribution is -0.159. The fraction of sp³-hybridized carbons (Fsp3) is 0.706. The summed E-state index contributed by atoms with van der Waals surface area (Å²) in [7, 11) is 1.99. The van der Waals surface area contributed by atoms with Gasteiger partial charge in [-0.05, 0) is 26.2 Å². The SMILES string of the molecule is Cc1cc(N(C)C2CCN(C3CCN(CC(F)(F)F)C3=O)CC2)ncn1. The third-order valence-electron chi connectivity index (χ3n) is 5.28. The second kappa shape index (κ2) is 7.38. The lowest BCUT2D eigenvalue weighted by Gasteiger charge is -2.39. The smallest absolute Gasteiger partial charge is 0.356 e. The van der Waals surface area contributed by atoms with E-state index in [0.717, 1.165) is 29.3 Å². The van der Waals surface area contributed by atoms with Gasteiger partial charge in [-0.2, -0.15) is 13.2 Å². The Kier molecular flexibility index (Phi) is 5.36. The molecule has 2 fully saturated rings. The van der Waals surface area contributed by atoms with E-state index in [1.54, 1.807) is 6.33 Å². The number of aryl methyl sites for hydroxylation is 1. The first-order valence-electron chi connectivity index (χ1n) is 8.85. The molecule has 26 heavy (non-hydrogen) atoms. The molecule has 2 saturated heterocycles. The number of carbonyl (C=O) groups is 1. The van der Waals surface area contributed by atoms with Crippen LogP contribution in [0.15, 0.2) is 12.4 Å². The summed E-state index contributed by atoms with van der Waals surface area (Å²) in [6, 6.07) is 1.82. The zero-order chi connectivity index (χ0) is 18.9. The van der Waals surface area contributed by atoms with Gasteiger partial charge in [-0.3, -0.25) is 9.69 Å². The highest BCUT2D eigenvalue weighted by molar-refractivity contribution is 5.84. The number of amides is 1. The monoisotopic (exact) mass is 371 g/mol. The van der Waals surface area contributed by atoms with E-state index >= 15 is 0 Å². The summed E-state index contributed by atoms with van der Waals surface area (Å²) < 4.78 is 37.7. The third-order valence-corrected chi connectivity index (χ3v) is 5.28. The number of hydrogen-bond donors (Lipinski definition) is 0. The second-order valence-electron chi connectivity index (χ2n) is 7.08. The molecule has 1 atom stereocenters. The van der Waals surface area contributed by atoms with Crippen LogP contribution in [0.2, 0.25) is 0 Å². The zero-order valence-corrected chi connectivity index (χ0v) is 15.0. The minimum Gasteiger partial charge on any atom is -0.356 e. The fourth-order valence-electron chi connectivity index (χ4n) is 3.84. The van der Waals surface area contributed by atoms with Crippen molar-refractivity contribution in [3.63, 3.8) is 0 Å². The third kappa shape index (κ3) is 4.25. The lowest BCUT2D eigenvalue weighted by atomic mass is 10.0. The predicted octanol–water partition coefficient (Wildman–Crippen LogP) is 1.85. The molecule has 9 heteroatoms. The number of halogens is 3. The summed E-state index contributed by atoms with van der Waals surface area (Å²) in [5.74, 6) is 0.477. The Labute approximate surface area is 151 Å². The molecule has 0 N–H and O–H groups in total. The van der Waals surface area contributed by atoms with Crippen molar-refractivity contribution in [3.05, 3.63) is 18.1 Å². The maximum Gasteiger partial charge on any atom is 0.406 e. The quantitative estimate of drug-likeness (QED) is 0.809. The first kappa shape index (κ1) is 18.9. The highest BCUT2D eigenvalue weighted by atomic mass is 19.4. The van der Waals surface area contributed by atoms with Crippen molar-refractivity contribution in [2.24, 2.45) is 0 Å². The van der Waals surface area contributed by atoms with Crippen LogP contribution in [0.1, 0.15) is 25.0 Å². The Morgan fingerprint density at radius 3 is 2.50 bits per heavy atom. The molecule has 0 spiro atoms. The summed E-state index contributed by atoms with van der Waals surface area (Å²) in [5.41, 5.74) is 0.903. The van der Waals surface area contributed by atoms with Gasteiger partial charge < -0.3 is 9.80 Å². The van der Waals surface area contributed by atoms with Crippen LogP contribution < -0.4 is 4.90 Å². The molecule has 0 saturated carbocycles. The molecule has 1 unspecified atom stereocenters. The molecule has 0 bridgehead atoms. The van der Waals surface area contributed by atoms with Crippen LogP contribution in [0, 0.1) is 6.92 Å². The van der Waals surface area contributed by atoms with Gasteiger partial charge in [0.1, 0.15) is 18.7 Å². The Balaban J connectivity index is 1.55. The summed E-state index contributed by atoms with van der Waals surface area (Å²) in [6.45, 7) is 2.36. The Bertz CT molecular complexity index is 646. The number of piperidine rings is 1. The zero-order valence-electron chi connectivity index (χ0n) is 15.0. The normalized spacial score (nSPS) is 22.9. The van der Waals surface area contributed by atoms with Crippen molar-refractivity contribution in [1.82, 2.24) is 19.8 Å². The highest BCUT2D eigenvalue weighted by Gasteiger charge is 2.42. The number of likely N-dealkylation sites (tertiary alicyclic amines) is 2. The van der Waals surface area contributed by atoms with Gasteiger partial charge in [-0.1, -0.05) is 0 Å². The Morgan fingerprint density at radius 1 is 1.19 bits per heavy atom. The van der Waals surface area contributed by atoms with Crippen LogP contribution in [0.5, 0.6) is 0 Å². The molecule has 1 amide bonds. The van der Waals surface area contributed by atoms with Gasteiger partial charge in [0.25, 0.3) is 0 Å². The van der Waals surface area contributed by atoms with Crippen molar-refractivity contribution in [1.29, 1.82) is 0 Å². The number of aromatic nitrogens is 2. The maximum absolute atomic E-state index is 12.6. The van der Waals surface area contributed by atoms with Gasteiger partial charge in [-0.15, -0.1) is 0 Å². The number of carbonyl (C=O) groups excluding carboxylic acids is 1. The number of alkyl halides is 3. The van der Waals surface area contributed by atoms with Gasteiger partial charge in [0.15, 0.2) is 0 Å². The summed E-state index contributed by atoms with van der Waals surface area (Å²) >= 11 is 0. The molecule has 144 valence electrons. The van der Waals surface area contributed by atoms with E-state index in [-0.39, 0.29) is 12.5 Å². The van der Waals surface area contributed by atoms with Gasteiger partial charge in [0.05, 0.1) is 6.04 Å². The standard InChI is InChI=1S/C17H24F3N5O/c1-12-9-15(22-11-21-12)23(2)13-3-6-24(7-4-13)14-5-8-25(16(14)26)10-17(18,19)20/h9,11,13-14H,3-8,10H2,1-2H3. The molecule has 2 aliphatic heterocycles. The van der Waals surface area contributed by atoms with Crippen LogP contribution in [0.4, 0.5) is 19.0 Å². The average Bonchev–Trinajstić information content (AvgIpc) is 2.93. The van der Waals surface area contributed by atoms with Crippen molar-refractivity contribution < 1.29 is 18.0 Å². The predicted molar refractivity (Wildman–Crippen MR) is 90.8 cm³/mol. The molecule has 3 heterocycles. The molecule has 0 aliphatic carbocycles. The summed E-state index contributed by atoms with van der Waals surface area (Å²) in [6.07, 6.45) is -0.621. The van der Waals surface area contributed by atoms with Crippen molar-refractivity contribution in [2.45, 2.75) is 44.4 Å². The van der Waals surface area contributed by atoms with E-state index in [9.17, 15) is 18.0 Å². The minimum atomic E-state index is -4.34. The molecule has 1 aromatic rings. The molecular weight excluding hydrogens is 347 g/mol. The first-order chi connectivity index (χ1) is 12.2. The van der Waals surface area contributed by atoms with E-state index in [2.05, 4.69) is 14.9 Å². The van der Waals surface area contributed by atoms with E-state index < -0.39 is 18.8 Å². The van der Waals surface area contributed by atoms with Gasteiger partial charge in [0, 0.05) is 44.5 Å². The largest absolute Gasteiger partial charge is 0.406 e. The molecule has 3 rings (SSSR count). The summed E-state index contributed by atoms with van der Waals surface area (Å²) in [4.78, 5) is 25.8. The van der Waals surface area contributed by atoms with Crippen LogP contribution in [-0.4, -0.2) is 77.2 Å². The van der Waals surface area contributed by atoms with Gasteiger partial charge in [-0.25, -0.2) is 9.97 Å². The van der Waals surface area contributed by atoms with Crippen LogP contribution >= 0.6 is 0 Å². The topological polar surface area (TPSA) is 52.6 Å². The van der Waals surface area contributed by atoms with Crippen LogP contribution in [0.25, 0.3) is 0 Å². The first-order valence-corrected chi connectivity index (χ1v) is 8.85. The minimum absolute atomic E-state index is 0.184. The van der Waals surface area contributed by atoms with E-state index in [0.29, 0.717) is 25.6 Å². The Hall–Kier alpha value is -1.90. The van der Waals surface area contributed by atoms with Crippen molar-refractivity contribution >= 4 is 11.7 Å². The molecule has 1 aromatic heterocycles. The lowest BCUT2D eigenvalue weighted by Crippen LogP contribution is -2.50. The van der Waals surface area contributed by atoms with E-state index in [1.165, 1.54) is 0 Å². The second-order valence-corrected chi connectivity index (χ2v) is 7.08. The molecule has 6 nitrogen and oxygen atoms in total. The van der Waals surface area contributed by atoms with Crippen molar-refractivity contribution in [3.8, 4) is 0 Å². The maximum atomic E-state index is 12.6. The van der Waals surface area contributed by atoms with Crippen LogP contribution in [-0.2, 0) is 4.79 Å². The van der Waals surface area contributed by atoms with Crippen molar-refractivity contribution in [2.75, 3.05) is 38.1 Å². The van der Waals surface area contributed by atoms with Gasteiger partial charge >= 0.3 is 6.18 Å². The molecule has 0 radical (unpaired) electrons. The Morgan fingerprint density at radius 2 is 1.88 bits per heavy atom. The number of hydrogen-bond acceptors (Lipinski definition) is 5. The van der Waals surface area contributed by atoms with E-state index in [1.807, 2.05) is 24.9 Å². The average molecular weight is 371 g/mol. The van der Waals surface area contributed by atoms with Gasteiger partial charge in [0.2, 0.25) is 5.91 Å². The fourth-order valence-corrected chi connectivity index (χ4v) is 3.84. The molecule has 2 aliphatic rings. The van der Waals surface area contributed by atoms with Crippen LogP contribution in [0.3, 0.4) is 0 Å². The number of rotatable bonds is 4. The number of nitrogens with zero attached hydrogens (tertiary/aromatic N) is 5. The highest BCUT2D eigenvalue weighted by Crippen LogP contribution is 2.27. The summed E-state index contributed by atoms with van der Waals surface area (Å²) in [5, 5.41) is 0. The molecular formula is C17H24F3N5O. The van der Waals surface area contributed by atoms with E-state index in [4.69, 9.17) is 0 Å².